The molecule has 0 unspecified atom stereocenters. The zero-order chi connectivity index (χ0) is 19.3. The number of carbonyl (C=O) groups excluding carboxylic acids is 1. The van der Waals surface area contributed by atoms with Crippen LogP contribution in [0.3, 0.4) is 0 Å². The van der Waals surface area contributed by atoms with Crippen LogP contribution in [0.2, 0.25) is 0 Å². The Kier molecular flexibility index (Phi) is 5.75. The summed E-state index contributed by atoms with van der Waals surface area (Å²) in [5, 5.41) is 2.67. The second-order valence-corrected chi connectivity index (χ2v) is 7.79. The smallest absolute Gasteiger partial charge is 0.283 e. The Morgan fingerprint density at radius 1 is 1.15 bits per heavy atom. The molecule has 142 valence electrons. The van der Waals surface area contributed by atoms with Crippen LogP contribution in [0.25, 0.3) is 0 Å². The molecule has 1 amide bonds. The summed E-state index contributed by atoms with van der Waals surface area (Å²) in [6, 6.07) is 14.9. The quantitative estimate of drug-likeness (QED) is 0.823. The van der Waals surface area contributed by atoms with E-state index in [1.807, 2.05) is 30.1 Å². The van der Waals surface area contributed by atoms with Gasteiger partial charge in [-0.25, -0.2) is 0 Å². The van der Waals surface area contributed by atoms with E-state index in [-0.39, 0.29) is 17.4 Å². The Balaban J connectivity index is 1.60. The molecule has 3 rings (SSSR count). The molecule has 0 saturated carbocycles. The van der Waals surface area contributed by atoms with Crippen molar-refractivity contribution in [3.05, 3.63) is 54.6 Å². The molecule has 2 aromatic carbocycles. The fraction of sp³-hybridized carbons (Fsp3) is 0.263. The summed E-state index contributed by atoms with van der Waals surface area (Å²) in [5.41, 5.74) is 0.487. The number of likely N-dealkylation sites (tertiary alicyclic amines) is 1. The molecule has 1 heterocycles. The summed E-state index contributed by atoms with van der Waals surface area (Å²) in [7, 11) is -1.93. The third kappa shape index (κ3) is 5.07. The molecule has 2 aromatic rings. The van der Waals surface area contributed by atoms with Gasteiger partial charge in [0, 0.05) is 25.7 Å². The SMILES string of the molecule is CN1CCCC1=NS(=O)(=O)c1ccc(NC(=O)COc2ccccc2)cc1. The number of anilines is 1. The fourth-order valence-corrected chi connectivity index (χ4v) is 3.77. The molecular weight excluding hydrogens is 366 g/mol. The number of hydrogen-bond donors (Lipinski definition) is 1. The number of carbonyl (C=O) groups is 1. The van der Waals surface area contributed by atoms with Gasteiger partial charge < -0.3 is 15.0 Å². The van der Waals surface area contributed by atoms with Crippen molar-refractivity contribution >= 4 is 27.5 Å². The molecule has 0 radical (unpaired) electrons. The molecule has 0 atom stereocenters. The monoisotopic (exact) mass is 387 g/mol. The second-order valence-electron chi connectivity index (χ2n) is 6.18. The van der Waals surface area contributed by atoms with Crippen molar-refractivity contribution in [3.8, 4) is 5.75 Å². The molecule has 1 aliphatic heterocycles. The van der Waals surface area contributed by atoms with Crippen LogP contribution in [-0.2, 0) is 14.8 Å². The molecule has 0 aliphatic carbocycles. The molecule has 1 fully saturated rings. The first-order chi connectivity index (χ1) is 12.9. The summed E-state index contributed by atoms with van der Waals surface area (Å²) >= 11 is 0. The zero-order valence-corrected chi connectivity index (χ0v) is 15.8. The van der Waals surface area contributed by atoms with Crippen molar-refractivity contribution in [1.82, 2.24) is 4.90 Å². The first-order valence-corrected chi connectivity index (χ1v) is 10.0. The van der Waals surface area contributed by atoms with Gasteiger partial charge in [0.15, 0.2) is 6.61 Å². The Morgan fingerprint density at radius 2 is 1.85 bits per heavy atom. The third-order valence-electron chi connectivity index (χ3n) is 4.11. The lowest BCUT2D eigenvalue weighted by Gasteiger charge is -2.11. The van der Waals surface area contributed by atoms with E-state index in [9.17, 15) is 13.2 Å². The molecule has 0 aromatic heterocycles. The normalized spacial score (nSPS) is 15.7. The average molecular weight is 387 g/mol. The van der Waals surface area contributed by atoms with Gasteiger partial charge in [0.25, 0.3) is 15.9 Å². The Bertz CT molecular complexity index is 925. The summed E-state index contributed by atoms with van der Waals surface area (Å²) in [6.45, 7) is 0.675. The Hall–Kier alpha value is -2.87. The molecular formula is C19H21N3O4S. The van der Waals surface area contributed by atoms with Gasteiger partial charge in [-0.05, 0) is 42.8 Å². The highest BCUT2D eigenvalue weighted by atomic mass is 32.2. The third-order valence-corrected chi connectivity index (χ3v) is 5.43. The molecule has 1 aliphatic rings. The van der Waals surface area contributed by atoms with Crippen LogP contribution in [0.4, 0.5) is 5.69 Å². The van der Waals surface area contributed by atoms with Gasteiger partial charge in [-0.2, -0.15) is 8.42 Å². The van der Waals surface area contributed by atoms with E-state index in [2.05, 4.69) is 9.71 Å². The predicted octanol–water partition coefficient (Wildman–Crippen LogP) is 2.52. The summed E-state index contributed by atoms with van der Waals surface area (Å²) < 4.78 is 34.1. The number of amides is 1. The topological polar surface area (TPSA) is 88.1 Å². The van der Waals surface area contributed by atoms with Gasteiger partial charge in [-0.1, -0.05) is 18.2 Å². The van der Waals surface area contributed by atoms with Gasteiger partial charge >= 0.3 is 0 Å². The number of benzene rings is 2. The maximum absolute atomic E-state index is 12.4. The number of ether oxygens (including phenoxy) is 1. The van der Waals surface area contributed by atoms with Crippen molar-refractivity contribution in [2.45, 2.75) is 17.7 Å². The molecule has 8 heteroatoms. The number of rotatable bonds is 6. The van der Waals surface area contributed by atoms with Crippen LogP contribution in [0.1, 0.15) is 12.8 Å². The lowest BCUT2D eigenvalue weighted by atomic mass is 10.3. The largest absolute Gasteiger partial charge is 0.484 e. The molecule has 27 heavy (non-hydrogen) atoms. The number of hydrogen-bond acceptors (Lipinski definition) is 4. The molecule has 1 N–H and O–H groups in total. The Labute approximate surface area is 158 Å². The highest BCUT2D eigenvalue weighted by Gasteiger charge is 2.20. The van der Waals surface area contributed by atoms with Crippen LogP contribution in [0.15, 0.2) is 63.9 Å². The lowest BCUT2D eigenvalue weighted by Crippen LogP contribution is -2.20. The number of para-hydroxylation sites is 1. The van der Waals surface area contributed by atoms with E-state index in [0.29, 0.717) is 23.7 Å². The Morgan fingerprint density at radius 3 is 2.48 bits per heavy atom. The van der Waals surface area contributed by atoms with Crippen molar-refractivity contribution < 1.29 is 17.9 Å². The van der Waals surface area contributed by atoms with E-state index in [1.165, 1.54) is 24.3 Å². The maximum Gasteiger partial charge on any atom is 0.283 e. The number of sulfonamides is 1. The van der Waals surface area contributed by atoms with Crippen molar-refractivity contribution in [1.29, 1.82) is 0 Å². The standard InChI is InChI=1S/C19H21N3O4S/c1-22-13-5-8-18(22)21-27(24,25)17-11-9-15(10-12-17)20-19(23)14-26-16-6-3-2-4-7-16/h2-4,6-7,9-12H,5,8,13-14H2,1H3,(H,20,23). The van der Waals surface area contributed by atoms with Crippen LogP contribution in [-0.4, -0.2) is 45.3 Å². The minimum Gasteiger partial charge on any atom is -0.484 e. The molecule has 0 spiro atoms. The van der Waals surface area contributed by atoms with E-state index >= 15 is 0 Å². The summed E-state index contributed by atoms with van der Waals surface area (Å²) in [6.07, 6.45) is 1.56. The molecule has 0 bridgehead atoms. The number of nitrogens with one attached hydrogen (secondary N) is 1. The molecule has 7 nitrogen and oxygen atoms in total. The van der Waals surface area contributed by atoms with E-state index in [4.69, 9.17) is 4.74 Å². The van der Waals surface area contributed by atoms with Gasteiger partial charge in [0.05, 0.1) is 4.90 Å². The van der Waals surface area contributed by atoms with Crippen LogP contribution < -0.4 is 10.1 Å². The zero-order valence-electron chi connectivity index (χ0n) is 15.0. The molecule has 1 saturated heterocycles. The minimum absolute atomic E-state index is 0.0915. The average Bonchev–Trinajstić information content (AvgIpc) is 3.05. The van der Waals surface area contributed by atoms with Crippen LogP contribution in [0, 0.1) is 0 Å². The highest BCUT2D eigenvalue weighted by molar-refractivity contribution is 7.90. The first-order valence-electron chi connectivity index (χ1n) is 8.57. The lowest BCUT2D eigenvalue weighted by molar-refractivity contribution is -0.118. The van der Waals surface area contributed by atoms with Crippen LogP contribution >= 0.6 is 0 Å². The maximum atomic E-state index is 12.4. The minimum atomic E-state index is -3.76. The number of amidine groups is 1. The number of nitrogens with zero attached hydrogens (tertiary/aromatic N) is 2. The van der Waals surface area contributed by atoms with E-state index < -0.39 is 10.0 Å². The van der Waals surface area contributed by atoms with E-state index in [1.54, 1.807) is 12.1 Å². The van der Waals surface area contributed by atoms with Gasteiger partial charge in [0.2, 0.25) is 0 Å². The summed E-state index contributed by atoms with van der Waals surface area (Å²) in [4.78, 5) is 13.9. The fourth-order valence-electron chi connectivity index (χ4n) is 2.67. The van der Waals surface area contributed by atoms with Gasteiger partial charge in [-0.15, -0.1) is 4.40 Å². The van der Waals surface area contributed by atoms with Gasteiger partial charge in [0.1, 0.15) is 11.6 Å². The highest BCUT2D eigenvalue weighted by Crippen LogP contribution is 2.19. The van der Waals surface area contributed by atoms with Gasteiger partial charge in [-0.3, -0.25) is 4.79 Å². The second kappa shape index (κ2) is 8.22. The van der Waals surface area contributed by atoms with E-state index in [0.717, 1.165) is 13.0 Å². The van der Waals surface area contributed by atoms with Crippen molar-refractivity contribution in [2.24, 2.45) is 4.40 Å². The van der Waals surface area contributed by atoms with Crippen molar-refractivity contribution in [3.63, 3.8) is 0 Å². The van der Waals surface area contributed by atoms with Crippen molar-refractivity contribution in [2.75, 3.05) is 25.5 Å². The van der Waals surface area contributed by atoms with Crippen LogP contribution in [0.5, 0.6) is 5.75 Å². The first kappa shape index (κ1) is 18.9. The predicted molar refractivity (Wildman–Crippen MR) is 103 cm³/mol. The summed E-state index contributed by atoms with van der Waals surface area (Å²) in [5.74, 6) is 0.845.